The largest absolute Gasteiger partial charge is 0.507 e. The Morgan fingerprint density at radius 1 is 0.907 bits per heavy atom. The fraction of sp³-hybridized carbons (Fsp3) is 0.606. The Kier molecular flexibility index (Phi) is 9.02. The van der Waals surface area contributed by atoms with Crippen molar-refractivity contribution in [3.05, 3.63) is 39.4 Å². The van der Waals surface area contributed by atoms with Gasteiger partial charge in [0, 0.05) is 23.3 Å². The Bertz CT molecular complexity index is 1380. The van der Waals surface area contributed by atoms with E-state index in [0.717, 1.165) is 42.4 Å². The number of likely N-dealkylation sites (N-methyl/N-ethyl adjacent to an activating group) is 1. The predicted octanol–water partition coefficient (Wildman–Crippen LogP) is 4.88. The van der Waals surface area contributed by atoms with Crippen LogP contribution in [-0.2, 0) is 16.0 Å². The monoisotopic (exact) mass is 598 g/mol. The summed E-state index contributed by atoms with van der Waals surface area (Å²) in [6, 6.07) is 0.329. The molecule has 236 valence electrons. The van der Waals surface area contributed by atoms with Crippen molar-refractivity contribution in [2.45, 2.75) is 90.3 Å². The van der Waals surface area contributed by atoms with Crippen LogP contribution in [0.4, 0.5) is 0 Å². The van der Waals surface area contributed by atoms with Crippen molar-refractivity contribution in [2.24, 2.45) is 0 Å². The molecule has 1 saturated heterocycles. The summed E-state index contributed by atoms with van der Waals surface area (Å²) in [6.07, 6.45) is 1.83. The van der Waals surface area contributed by atoms with Crippen molar-refractivity contribution in [1.82, 2.24) is 9.80 Å². The van der Waals surface area contributed by atoms with Crippen LogP contribution in [0.25, 0.3) is 0 Å². The molecule has 2 N–H and O–H groups in total. The molecule has 1 fully saturated rings. The number of ether oxygens (including phenoxy) is 5. The Labute approximate surface area is 254 Å². The molecule has 0 aromatic heterocycles. The summed E-state index contributed by atoms with van der Waals surface area (Å²) in [5.74, 6) is 1.72. The van der Waals surface area contributed by atoms with Crippen molar-refractivity contribution in [2.75, 3.05) is 41.6 Å². The van der Waals surface area contributed by atoms with Gasteiger partial charge in [0.25, 0.3) is 0 Å². The third-order valence-electron chi connectivity index (χ3n) is 9.31. The number of benzene rings is 2. The zero-order valence-corrected chi connectivity index (χ0v) is 26.7. The number of rotatable bonds is 11. The standard InChI is InChI=1S/C33H46N2O8/c1-9-11-13-42-31-21-19(15-17(3)28(31)39-6)16-20-32(38)35-25(24(21)34(20)5)27(37)22-23(33(35)43-14-12-10-2)30(41-8)29(40-7)18(4)26(22)36/h15,20,24-25,27,33,36-37H,9-14,16H2,1-8H3/t20-,24+,25+,27?,33-/m0/s1. The molecule has 2 aromatic rings. The first-order chi connectivity index (χ1) is 20.7. The molecule has 5 atom stereocenters. The molecule has 3 heterocycles. The van der Waals surface area contributed by atoms with Gasteiger partial charge in [-0.1, -0.05) is 32.8 Å². The zero-order chi connectivity index (χ0) is 31.2. The summed E-state index contributed by atoms with van der Waals surface area (Å²) in [7, 11) is 6.58. The number of aromatic hydroxyl groups is 1. The van der Waals surface area contributed by atoms with Gasteiger partial charge in [-0.3, -0.25) is 9.69 Å². The average molecular weight is 599 g/mol. The second kappa shape index (κ2) is 12.4. The highest BCUT2D eigenvalue weighted by Crippen LogP contribution is 2.59. The Morgan fingerprint density at radius 2 is 1.56 bits per heavy atom. The number of hydrogen-bond acceptors (Lipinski definition) is 9. The number of aliphatic hydroxyl groups is 1. The maximum absolute atomic E-state index is 14.5. The lowest BCUT2D eigenvalue weighted by Gasteiger charge is -2.58. The van der Waals surface area contributed by atoms with E-state index in [1.165, 1.54) is 14.2 Å². The predicted molar refractivity (Wildman–Crippen MR) is 161 cm³/mol. The normalized spacial score (nSPS) is 24.3. The molecule has 0 radical (unpaired) electrons. The van der Waals surface area contributed by atoms with Crippen molar-refractivity contribution < 1.29 is 38.7 Å². The number of phenols is 1. The lowest BCUT2D eigenvalue weighted by atomic mass is 9.73. The van der Waals surface area contributed by atoms with Crippen molar-refractivity contribution in [3.63, 3.8) is 0 Å². The summed E-state index contributed by atoms with van der Waals surface area (Å²) in [5.41, 5.74) is 3.97. The Hall–Kier alpha value is -3.21. The van der Waals surface area contributed by atoms with E-state index in [9.17, 15) is 15.0 Å². The molecular formula is C33H46N2O8. The van der Waals surface area contributed by atoms with Crippen LogP contribution in [0.5, 0.6) is 28.7 Å². The molecule has 10 nitrogen and oxygen atoms in total. The molecule has 0 saturated carbocycles. The van der Waals surface area contributed by atoms with E-state index >= 15 is 0 Å². The van der Waals surface area contributed by atoms with Crippen LogP contribution in [-0.4, -0.2) is 79.6 Å². The van der Waals surface area contributed by atoms with Gasteiger partial charge >= 0.3 is 0 Å². The maximum Gasteiger partial charge on any atom is 0.243 e. The summed E-state index contributed by atoms with van der Waals surface area (Å²) in [4.78, 5) is 18.2. The van der Waals surface area contributed by atoms with E-state index in [2.05, 4.69) is 19.9 Å². The number of carbonyl (C=O) groups is 1. The molecule has 2 bridgehead atoms. The fourth-order valence-corrected chi connectivity index (χ4v) is 7.21. The fourth-order valence-electron chi connectivity index (χ4n) is 7.21. The van der Waals surface area contributed by atoms with Crippen LogP contribution < -0.4 is 18.9 Å². The minimum Gasteiger partial charge on any atom is -0.507 e. The van der Waals surface area contributed by atoms with Gasteiger partial charge in [-0.15, -0.1) is 0 Å². The van der Waals surface area contributed by atoms with Gasteiger partial charge in [0.1, 0.15) is 11.9 Å². The molecule has 2 aromatic carbocycles. The maximum atomic E-state index is 14.5. The number of aryl methyl sites for hydroxylation is 1. The number of hydrogen-bond donors (Lipinski definition) is 2. The number of carbonyl (C=O) groups excluding carboxylic acids is 1. The molecule has 10 heteroatoms. The molecule has 0 aliphatic carbocycles. The van der Waals surface area contributed by atoms with E-state index in [1.54, 1.807) is 18.9 Å². The molecule has 43 heavy (non-hydrogen) atoms. The molecule has 0 spiro atoms. The minimum absolute atomic E-state index is 0.0990. The highest BCUT2D eigenvalue weighted by atomic mass is 16.5. The zero-order valence-electron chi connectivity index (χ0n) is 26.7. The van der Waals surface area contributed by atoms with Gasteiger partial charge in [-0.25, -0.2) is 0 Å². The van der Waals surface area contributed by atoms with Gasteiger partial charge < -0.3 is 38.8 Å². The number of nitrogens with zero attached hydrogens (tertiary/aromatic N) is 2. The molecular weight excluding hydrogens is 552 g/mol. The van der Waals surface area contributed by atoms with E-state index in [-0.39, 0.29) is 17.2 Å². The van der Waals surface area contributed by atoms with Crippen molar-refractivity contribution >= 4 is 5.91 Å². The SMILES string of the molecule is CCCCOc1c(OC)c(C)cc2c1[C@@H]1[C@@H]3C(O)c4c(O)c(C)c(OC)c(OC)c4[C@H](OCCCC)N3C(=O)[C@H](C2)N1C. The lowest BCUT2D eigenvalue weighted by molar-refractivity contribution is -0.192. The molecule has 1 amide bonds. The number of amides is 1. The minimum atomic E-state index is -1.27. The summed E-state index contributed by atoms with van der Waals surface area (Å²) in [6.45, 7) is 8.79. The number of aliphatic hydroxyl groups excluding tert-OH is 1. The molecule has 3 aliphatic heterocycles. The van der Waals surface area contributed by atoms with Crippen LogP contribution >= 0.6 is 0 Å². The Balaban J connectivity index is 1.78. The molecule has 1 unspecified atom stereocenters. The number of fused-ring (bicyclic) bond motifs is 7. The number of piperazine rings is 1. The summed E-state index contributed by atoms with van der Waals surface area (Å²) in [5, 5.41) is 23.9. The van der Waals surface area contributed by atoms with Gasteiger partial charge in [-0.05, 0) is 51.3 Å². The first kappa shape index (κ1) is 31.2. The number of unbranched alkanes of at least 4 members (excludes halogenated alkanes) is 2. The smallest absolute Gasteiger partial charge is 0.243 e. The van der Waals surface area contributed by atoms with Gasteiger partial charge in [0.2, 0.25) is 5.91 Å². The van der Waals surface area contributed by atoms with Crippen molar-refractivity contribution in [1.29, 1.82) is 0 Å². The van der Waals surface area contributed by atoms with Gasteiger partial charge in [0.05, 0.1) is 51.6 Å². The third kappa shape index (κ3) is 4.78. The summed E-state index contributed by atoms with van der Waals surface area (Å²) < 4.78 is 30.4. The highest BCUT2D eigenvalue weighted by molar-refractivity contribution is 5.86. The van der Waals surface area contributed by atoms with Crippen LogP contribution in [0.2, 0.25) is 0 Å². The van der Waals surface area contributed by atoms with Gasteiger partial charge in [-0.2, -0.15) is 0 Å². The topological polar surface area (TPSA) is 110 Å². The van der Waals surface area contributed by atoms with E-state index in [1.807, 2.05) is 18.9 Å². The lowest BCUT2D eigenvalue weighted by Crippen LogP contribution is -2.67. The quantitative estimate of drug-likeness (QED) is 0.350. The third-order valence-corrected chi connectivity index (χ3v) is 9.31. The van der Waals surface area contributed by atoms with E-state index in [0.29, 0.717) is 53.8 Å². The van der Waals surface area contributed by atoms with Crippen molar-refractivity contribution in [3.8, 4) is 28.7 Å². The number of phenolic OH excluding ortho intramolecular Hbond substituents is 1. The average Bonchev–Trinajstić information content (AvgIpc) is 2.98. The van der Waals surface area contributed by atoms with Gasteiger partial charge in [0.15, 0.2) is 29.2 Å². The highest BCUT2D eigenvalue weighted by Gasteiger charge is 2.59. The second-order valence-electron chi connectivity index (χ2n) is 11.8. The van der Waals surface area contributed by atoms with E-state index < -0.39 is 30.5 Å². The summed E-state index contributed by atoms with van der Waals surface area (Å²) >= 11 is 0. The van der Waals surface area contributed by atoms with Crippen LogP contribution in [0.1, 0.15) is 91.3 Å². The van der Waals surface area contributed by atoms with Crippen LogP contribution in [0, 0.1) is 13.8 Å². The molecule has 5 rings (SSSR count). The van der Waals surface area contributed by atoms with Crippen LogP contribution in [0.15, 0.2) is 6.07 Å². The molecule has 3 aliphatic rings. The number of methoxy groups -OCH3 is 3. The van der Waals surface area contributed by atoms with Crippen LogP contribution in [0.3, 0.4) is 0 Å². The van der Waals surface area contributed by atoms with E-state index in [4.69, 9.17) is 23.7 Å². The first-order valence-electron chi connectivity index (χ1n) is 15.3. The second-order valence-corrected chi connectivity index (χ2v) is 11.8. The first-order valence-corrected chi connectivity index (χ1v) is 15.3. The Morgan fingerprint density at radius 3 is 2.19 bits per heavy atom.